The van der Waals surface area contributed by atoms with Gasteiger partial charge in [-0.25, -0.2) is 13.5 Å². The molecule has 0 aliphatic carbocycles. The number of nitrogen functional groups attached to an aromatic ring is 1. The fourth-order valence-electron chi connectivity index (χ4n) is 1.16. The van der Waals surface area contributed by atoms with Gasteiger partial charge in [-0.1, -0.05) is 0 Å². The summed E-state index contributed by atoms with van der Waals surface area (Å²) >= 11 is 3.00. The van der Waals surface area contributed by atoms with Crippen LogP contribution in [-0.2, 0) is 0 Å². The number of halogens is 3. The summed E-state index contributed by atoms with van der Waals surface area (Å²) in [6.07, 6.45) is 2.09. The fourth-order valence-corrected chi connectivity index (χ4v) is 1.50. The van der Waals surface area contributed by atoms with Crippen molar-refractivity contribution in [2.45, 2.75) is 0 Å². The second-order valence-corrected chi connectivity index (χ2v) is 3.70. The smallest absolute Gasteiger partial charge is 0.165 e. The zero-order valence-corrected chi connectivity index (χ0v) is 9.00. The second kappa shape index (κ2) is 3.62. The molecule has 0 fully saturated rings. The molecule has 0 saturated heterocycles. The molecule has 78 valence electrons. The molecule has 0 spiro atoms. The molecule has 0 bridgehead atoms. The summed E-state index contributed by atoms with van der Waals surface area (Å²) in [6, 6.07) is 2.95. The summed E-state index contributed by atoms with van der Waals surface area (Å²) in [5, 5.41) is 3.66. The lowest BCUT2D eigenvalue weighted by atomic mass is 10.3. The van der Waals surface area contributed by atoms with Crippen molar-refractivity contribution >= 4 is 21.6 Å². The molecule has 0 aliphatic heterocycles. The molecule has 2 N–H and O–H groups in total. The lowest BCUT2D eigenvalue weighted by Gasteiger charge is -2.06. The maximum Gasteiger partial charge on any atom is 0.165 e. The lowest BCUT2D eigenvalue weighted by molar-refractivity contribution is 0.602. The highest BCUT2D eigenvalue weighted by atomic mass is 79.9. The molecule has 0 aliphatic rings. The van der Waals surface area contributed by atoms with Crippen molar-refractivity contribution in [3.63, 3.8) is 0 Å². The van der Waals surface area contributed by atoms with Crippen LogP contribution in [0, 0.1) is 11.6 Å². The van der Waals surface area contributed by atoms with E-state index < -0.39 is 11.6 Å². The molecule has 0 radical (unpaired) electrons. The van der Waals surface area contributed by atoms with Gasteiger partial charge in [0, 0.05) is 5.69 Å². The molecule has 0 amide bonds. The molecule has 2 rings (SSSR count). The Morgan fingerprint density at radius 2 is 2.07 bits per heavy atom. The zero-order valence-electron chi connectivity index (χ0n) is 7.42. The molecule has 1 heterocycles. The van der Waals surface area contributed by atoms with E-state index in [1.165, 1.54) is 12.1 Å². The third-order valence-corrected chi connectivity index (χ3v) is 2.70. The first-order chi connectivity index (χ1) is 7.09. The van der Waals surface area contributed by atoms with Crippen LogP contribution < -0.4 is 5.73 Å². The van der Waals surface area contributed by atoms with Crippen LogP contribution in [0.25, 0.3) is 5.69 Å². The number of aromatic nitrogens is 2. The zero-order chi connectivity index (χ0) is 11.0. The fraction of sp³-hybridized carbons (Fsp3) is 0. The Balaban J connectivity index is 2.59. The number of hydrogen-bond donors (Lipinski definition) is 1. The van der Waals surface area contributed by atoms with Gasteiger partial charge >= 0.3 is 0 Å². The summed E-state index contributed by atoms with van der Waals surface area (Å²) < 4.78 is 27.6. The van der Waals surface area contributed by atoms with E-state index in [0.29, 0.717) is 0 Å². The minimum atomic E-state index is -0.571. The van der Waals surface area contributed by atoms with Gasteiger partial charge in [-0.3, -0.25) is 0 Å². The van der Waals surface area contributed by atoms with Crippen LogP contribution in [0.15, 0.2) is 29.0 Å². The van der Waals surface area contributed by atoms with Crippen molar-refractivity contribution < 1.29 is 8.78 Å². The normalized spacial score (nSPS) is 10.6. The molecule has 3 nitrogen and oxygen atoms in total. The van der Waals surface area contributed by atoms with E-state index in [1.807, 2.05) is 0 Å². The van der Waals surface area contributed by atoms with Gasteiger partial charge in [-0.2, -0.15) is 5.10 Å². The summed E-state index contributed by atoms with van der Waals surface area (Å²) in [7, 11) is 0. The predicted molar refractivity (Wildman–Crippen MR) is 55.6 cm³/mol. The molecule has 15 heavy (non-hydrogen) atoms. The quantitative estimate of drug-likeness (QED) is 0.812. The standard InChI is InChI=1S/C9H6BrF2N3/c10-8-6(13)1-2-7(9(8)12)15-4-5(11)3-14-15/h1-4H,13H2. The van der Waals surface area contributed by atoms with E-state index in [9.17, 15) is 8.78 Å². The Morgan fingerprint density at radius 1 is 1.33 bits per heavy atom. The Morgan fingerprint density at radius 3 is 2.67 bits per heavy atom. The first kappa shape index (κ1) is 10.1. The molecule has 1 aromatic heterocycles. The summed E-state index contributed by atoms with van der Waals surface area (Å²) in [6.45, 7) is 0. The summed E-state index contributed by atoms with van der Waals surface area (Å²) in [5.74, 6) is -1.10. The van der Waals surface area contributed by atoms with E-state index >= 15 is 0 Å². The Bertz CT molecular complexity index is 510. The van der Waals surface area contributed by atoms with Crippen LogP contribution in [0.5, 0.6) is 0 Å². The van der Waals surface area contributed by atoms with Crippen LogP contribution in [0.4, 0.5) is 14.5 Å². The Kier molecular flexibility index (Phi) is 2.44. The maximum atomic E-state index is 13.6. The molecule has 0 unspecified atom stereocenters. The SMILES string of the molecule is Nc1ccc(-n2cc(F)cn2)c(F)c1Br. The van der Waals surface area contributed by atoms with E-state index in [-0.39, 0.29) is 15.8 Å². The van der Waals surface area contributed by atoms with Gasteiger partial charge in [0.05, 0.1) is 16.9 Å². The van der Waals surface area contributed by atoms with Crippen LogP contribution >= 0.6 is 15.9 Å². The number of rotatable bonds is 1. The third kappa shape index (κ3) is 1.72. The van der Waals surface area contributed by atoms with Crippen molar-refractivity contribution in [1.82, 2.24) is 9.78 Å². The van der Waals surface area contributed by atoms with Gasteiger partial charge in [-0.15, -0.1) is 0 Å². The largest absolute Gasteiger partial charge is 0.398 e. The number of hydrogen-bond acceptors (Lipinski definition) is 2. The molecular formula is C9H6BrF2N3. The lowest BCUT2D eigenvalue weighted by Crippen LogP contribution is -2.00. The highest BCUT2D eigenvalue weighted by Gasteiger charge is 2.11. The van der Waals surface area contributed by atoms with Crippen LogP contribution in [0.2, 0.25) is 0 Å². The van der Waals surface area contributed by atoms with E-state index in [1.54, 1.807) is 0 Å². The Hall–Kier alpha value is -1.43. The highest BCUT2D eigenvalue weighted by Crippen LogP contribution is 2.27. The second-order valence-electron chi connectivity index (χ2n) is 2.91. The third-order valence-electron chi connectivity index (χ3n) is 1.89. The molecule has 1 aromatic carbocycles. The van der Waals surface area contributed by atoms with Gasteiger partial charge in [0.1, 0.15) is 5.69 Å². The minimum absolute atomic E-state index is 0.139. The first-order valence-electron chi connectivity index (χ1n) is 4.03. The van der Waals surface area contributed by atoms with Gasteiger partial charge < -0.3 is 5.73 Å². The van der Waals surface area contributed by atoms with Crippen molar-refractivity contribution in [3.8, 4) is 5.69 Å². The number of anilines is 1. The maximum absolute atomic E-state index is 13.6. The minimum Gasteiger partial charge on any atom is -0.398 e. The highest BCUT2D eigenvalue weighted by molar-refractivity contribution is 9.10. The summed E-state index contributed by atoms with van der Waals surface area (Å²) in [4.78, 5) is 0. The topological polar surface area (TPSA) is 43.8 Å². The van der Waals surface area contributed by atoms with Gasteiger partial charge in [0.2, 0.25) is 0 Å². The molecule has 2 aromatic rings. The summed E-state index contributed by atoms with van der Waals surface area (Å²) in [5.41, 5.74) is 5.90. The molecular weight excluding hydrogens is 268 g/mol. The first-order valence-corrected chi connectivity index (χ1v) is 4.83. The monoisotopic (exact) mass is 273 g/mol. The van der Waals surface area contributed by atoms with E-state index in [0.717, 1.165) is 17.1 Å². The number of nitrogens with zero attached hydrogens (tertiary/aromatic N) is 2. The number of nitrogens with two attached hydrogens (primary N) is 1. The van der Waals surface area contributed by atoms with E-state index in [2.05, 4.69) is 21.0 Å². The van der Waals surface area contributed by atoms with Crippen molar-refractivity contribution in [1.29, 1.82) is 0 Å². The molecule has 6 heteroatoms. The average Bonchev–Trinajstić information content (AvgIpc) is 2.61. The predicted octanol–water partition coefficient (Wildman–Crippen LogP) is 2.50. The van der Waals surface area contributed by atoms with Crippen molar-refractivity contribution in [3.05, 3.63) is 40.6 Å². The van der Waals surface area contributed by atoms with Gasteiger partial charge in [0.15, 0.2) is 11.6 Å². The van der Waals surface area contributed by atoms with Crippen LogP contribution in [-0.4, -0.2) is 9.78 Å². The van der Waals surface area contributed by atoms with E-state index in [4.69, 9.17) is 5.73 Å². The van der Waals surface area contributed by atoms with Gasteiger partial charge in [0.25, 0.3) is 0 Å². The van der Waals surface area contributed by atoms with Crippen molar-refractivity contribution in [2.75, 3.05) is 5.73 Å². The number of benzene rings is 1. The Labute approximate surface area is 92.6 Å². The average molecular weight is 274 g/mol. The van der Waals surface area contributed by atoms with Crippen molar-refractivity contribution in [2.24, 2.45) is 0 Å². The molecule has 0 saturated carbocycles. The van der Waals surface area contributed by atoms with Gasteiger partial charge in [-0.05, 0) is 28.1 Å². The van der Waals surface area contributed by atoms with Crippen LogP contribution in [0.1, 0.15) is 0 Å². The van der Waals surface area contributed by atoms with Crippen LogP contribution in [0.3, 0.4) is 0 Å². The molecule has 0 atom stereocenters.